The molecule has 0 saturated heterocycles. The molecule has 0 aliphatic heterocycles. The molecular formula is C12H13N5S2. The van der Waals surface area contributed by atoms with E-state index in [0.29, 0.717) is 10.3 Å². The number of hydrogen-bond acceptors (Lipinski definition) is 5. The number of hydrogen-bond donors (Lipinski definition) is 2. The van der Waals surface area contributed by atoms with Crippen molar-refractivity contribution in [3.8, 4) is 0 Å². The minimum absolute atomic E-state index is 0.594. The summed E-state index contributed by atoms with van der Waals surface area (Å²) in [5, 5.41) is 8.18. The monoisotopic (exact) mass is 291 g/mol. The van der Waals surface area contributed by atoms with Crippen LogP contribution in [0, 0.1) is 0 Å². The summed E-state index contributed by atoms with van der Waals surface area (Å²) in [5.41, 5.74) is 0.851. The van der Waals surface area contributed by atoms with Gasteiger partial charge in [0.15, 0.2) is 10.3 Å². The maximum Gasteiger partial charge on any atom is 0.193 e. The summed E-state index contributed by atoms with van der Waals surface area (Å²) < 4.78 is 0. The second-order valence-electron chi connectivity index (χ2n) is 3.50. The van der Waals surface area contributed by atoms with E-state index in [4.69, 9.17) is 12.2 Å². The van der Waals surface area contributed by atoms with E-state index in [9.17, 15) is 0 Å². The molecule has 0 atom stereocenters. The molecule has 2 aromatic heterocycles. The van der Waals surface area contributed by atoms with Crippen LogP contribution in [-0.2, 0) is 0 Å². The van der Waals surface area contributed by atoms with E-state index in [1.165, 1.54) is 11.8 Å². The molecule has 0 aromatic carbocycles. The fraction of sp³-hybridized carbons (Fsp3) is 0.167. The highest BCUT2D eigenvalue weighted by Crippen LogP contribution is 2.22. The molecule has 0 saturated carbocycles. The Hall–Kier alpha value is -1.73. The first-order valence-electron chi connectivity index (χ1n) is 5.73. The molecule has 5 nitrogen and oxygen atoms in total. The largest absolute Gasteiger partial charge is 0.363 e. The zero-order valence-electron chi connectivity index (χ0n) is 10.3. The summed E-state index contributed by atoms with van der Waals surface area (Å²) in [6.07, 6.45) is 5.15. The van der Waals surface area contributed by atoms with Crippen LogP contribution in [-0.4, -0.2) is 26.6 Å². The average Bonchev–Trinajstić information content (AvgIpc) is 2.42. The van der Waals surface area contributed by atoms with E-state index < -0.39 is 0 Å². The minimum atomic E-state index is 0.594. The average molecular weight is 291 g/mol. The summed E-state index contributed by atoms with van der Waals surface area (Å²) in [7, 11) is 0. The first-order chi connectivity index (χ1) is 9.28. The van der Waals surface area contributed by atoms with Crippen LogP contribution in [0.4, 0.5) is 5.69 Å². The van der Waals surface area contributed by atoms with Gasteiger partial charge in [-0.05, 0) is 49.1 Å². The van der Waals surface area contributed by atoms with Crippen molar-refractivity contribution in [1.29, 1.82) is 0 Å². The Morgan fingerprint density at radius 1 is 1.26 bits per heavy atom. The molecule has 0 spiro atoms. The summed E-state index contributed by atoms with van der Waals surface area (Å²) in [5.74, 6) is 0. The number of nitrogens with zero attached hydrogens (tertiary/aromatic N) is 3. The molecule has 7 heteroatoms. The van der Waals surface area contributed by atoms with Crippen LogP contribution in [0.15, 0.2) is 47.0 Å². The Labute approximate surface area is 121 Å². The lowest BCUT2D eigenvalue weighted by atomic mass is 10.4. The topological polar surface area (TPSA) is 62.7 Å². The van der Waals surface area contributed by atoms with Gasteiger partial charge in [0.05, 0.1) is 11.9 Å². The Balaban J connectivity index is 1.97. The van der Waals surface area contributed by atoms with Gasteiger partial charge in [-0.1, -0.05) is 0 Å². The van der Waals surface area contributed by atoms with Gasteiger partial charge in [0.1, 0.15) is 5.03 Å². The molecule has 2 N–H and O–H groups in total. The molecule has 0 unspecified atom stereocenters. The van der Waals surface area contributed by atoms with Gasteiger partial charge in [-0.3, -0.25) is 0 Å². The molecule has 0 aliphatic carbocycles. The first kappa shape index (κ1) is 13.7. The van der Waals surface area contributed by atoms with Crippen molar-refractivity contribution < 1.29 is 0 Å². The maximum absolute atomic E-state index is 5.10. The van der Waals surface area contributed by atoms with Crippen molar-refractivity contribution in [2.24, 2.45) is 0 Å². The van der Waals surface area contributed by atoms with Crippen molar-refractivity contribution in [2.45, 2.75) is 17.1 Å². The Kier molecular flexibility index (Phi) is 5.05. The molecule has 0 bridgehead atoms. The zero-order chi connectivity index (χ0) is 13.5. The SMILES string of the molecule is CCNC(=S)Nc1ccc(Sc2ncccn2)nc1. The van der Waals surface area contributed by atoms with Crippen molar-refractivity contribution in [1.82, 2.24) is 20.3 Å². The van der Waals surface area contributed by atoms with Crippen LogP contribution in [0.1, 0.15) is 6.92 Å². The first-order valence-corrected chi connectivity index (χ1v) is 6.96. The van der Waals surface area contributed by atoms with E-state index in [2.05, 4.69) is 25.6 Å². The zero-order valence-corrected chi connectivity index (χ0v) is 12.0. The molecule has 0 amide bonds. The maximum atomic E-state index is 5.10. The van der Waals surface area contributed by atoms with Crippen molar-refractivity contribution >= 4 is 34.8 Å². The normalized spacial score (nSPS) is 9.95. The fourth-order valence-electron chi connectivity index (χ4n) is 1.28. The second-order valence-corrected chi connectivity index (χ2v) is 4.90. The van der Waals surface area contributed by atoms with E-state index >= 15 is 0 Å². The highest BCUT2D eigenvalue weighted by molar-refractivity contribution is 7.99. The van der Waals surface area contributed by atoms with E-state index in [-0.39, 0.29) is 0 Å². The standard InChI is InChI=1S/C12H13N5S2/c1-2-13-11(18)17-9-4-5-10(16-8-9)19-12-14-6-3-7-15-12/h3-8H,2H2,1H3,(H2,13,17,18). The number of rotatable bonds is 4. The van der Waals surface area contributed by atoms with Crippen LogP contribution < -0.4 is 10.6 Å². The van der Waals surface area contributed by atoms with E-state index in [1.807, 2.05) is 19.1 Å². The fourth-order valence-corrected chi connectivity index (χ4v) is 2.20. The van der Waals surface area contributed by atoms with Gasteiger partial charge in [0, 0.05) is 18.9 Å². The molecule has 0 aliphatic rings. The van der Waals surface area contributed by atoms with Gasteiger partial charge in [-0.25, -0.2) is 15.0 Å². The van der Waals surface area contributed by atoms with Crippen molar-refractivity contribution in [2.75, 3.05) is 11.9 Å². The lowest BCUT2D eigenvalue weighted by molar-refractivity contribution is 0.960. The number of thiocarbonyl (C=S) groups is 1. The number of nitrogens with one attached hydrogen (secondary N) is 2. The molecule has 2 heterocycles. The Bertz CT molecular complexity index is 530. The molecule has 0 fully saturated rings. The number of anilines is 1. The van der Waals surface area contributed by atoms with Crippen LogP contribution >= 0.6 is 24.0 Å². The molecule has 98 valence electrons. The highest BCUT2D eigenvalue weighted by atomic mass is 32.2. The van der Waals surface area contributed by atoms with Crippen LogP contribution in [0.5, 0.6) is 0 Å². The molecular weight excluding hydrogens is 278 g/mol. The van der Waals surface area contributed by atoms with Crippen LogP contribution in [0.25, 0.3) is 0 Å². The third-order valence-electron chi connectivity index (χ3n) is 2.07. The highest BCUT2D eigenvalue weighted by Gasteiger charge is 2.02. The number of aromatic nitrogens is 3. The third kappa shape index (κ3) is 4.46. The Morgan fingerprint density at radius 3 is 2.68 bits per heavy atom. The van der Waals surface area contributed by atoms with Gasteiger partial charge in [-0.2, -0.15) is 0 Å². The third-order valence-corrected chi connectivity index (χ3v) is 3.16. The molecule has 2 aromatic rings. The van der Waals surface area contributed by atoms with Crippen molar-refractivity contribution in [3.63, 3.8) is 0 Å². The van der Waals surface area contributed by atoms with E-state index in [0.717, 1.165) is 17.3 Å². The minimum Gasteiger partial charge on any atom is -0.363 e. The Morgan fingerprint density at radius 2 is 2.05 bits per heavy atom. The summed E-state index contributed by atoms with van der Waals surface area (Å²) in [6, 6.07) is 5.60. The van der Waals surface area contributed by atoms with Gasteiger partial charge in [0.2, 0.25) is 0 Å². The van der Waals surface area contributed by atoms with Gasteiger partial charge < -0.3 is 10.6 Å². The van der Waals surface area contributed by atoms with Gasteiger partial charge in [0.25, 0.3) is 0 Å². The molecule has 19 heavy (non-hydrogen) atoms. The quantitative estimate of drug-likeness (QED) is 0.662. The van der Waals surface area contributed by atoms with Gasteiger partial charge >= 0.3 is 0 Å². The van der Waals surface area contributed by atoms with E-state index in [1.54, 1.807) is 24.7 Å². The lowest BCUT2D eigenvalue weighted by Crippen LogP contribution is -2.27. The lowest BCUT2D eigenvalue weighted by Gasteiger charge is -2.08. The van der Waals surface area contributed by atoms with Gasteiger partial charge in [-0.15, -0.1) is 0 Å². The summed E-state index contributed by atoms with van der Waals surface area (Å²) in [6.45, 7) is 2.78. The summed E-state index contributed by atoms with van der Waals surface area (Å²) >= 11 is 6.51. The number of pyridine rings is 1. The molecule has 2 rings (SSSR count). The van der Waals surface area contributed by atoms with Crippen LogP contribution in [0.2, 0.25) is 0 Å². The predicted molar refractivity (Wildman–Crippen MR) is 80.3 cm³/mol. The van der Waals surface area contributed by atoms with Crippen LogP contribution in [0.3, 0.4) is 0 Å². The second kappa shape index (κ2) is 7.01. The smallest absolute Gasteiger partial charge is 0.193 e. The predicted octanol–water partition coefficient (Wildman–Crippen LogP) is 2.33. The summed E-state index contributed by atoms with van der Waals surface area (Å²) in [4.78, 5) is 12.6. The van der Waals surface area contributed by atoms with Crippen molar-refractivity contribution in [3.05, 3.63) is 36.8 Å². The molecule has 0 radical (unpaired) electrons.